The maximum Gasteiger partial charge on any atom is 0.137 e. The molecule has 0 aliphatic heterocycles. The van der Waals surface area contributed by atoms with Crippen LogP contribution in [-0.2, 0) is 37.7 Å². The molecule has 4 bridgehead atoms. The number of phenols is 1. The van der Waals surface area contributed by atoms with Crippen LogP contribution in [0.4, 0.5) is 0 Å². The van der Waals surface area contributed by atoms with Gasteiger partial charge in [-0.05, 0) is 88.7 Å². The zero-order valence-electron chi connectivity index (χ0n) is 23.2. The first-order valence-corrected chi connectivity index (χ1v) is 14.4. The Morgan fingerprint density at radius 3 is 1.78 bits per heavy atom. The van der Waals surface area contributed by atoms with Crippen molar-refractivity contribution in [2.24, 2.45) is 4.99 Å². The molecule has 9 rings (SSSR count). The Morgan fingerprint density at radius 2 is 1.17 bits per heavy atom. The highest BCUT2D eigenvalue weighted by Crippen LogP contribution is 2.36. The van der Waals surface area contributed by atoms with E-state index in [9.17, 15) is 10.2 Å². The number of hydrogen-bond donors (Lipinski definition) is 2. The molecule has 3 nitrogen and oxygen atoms in total. The number of aryl methyl sites for hydroxylation is 4. The Balaban J connectivity index is 1.43. The maximum atomic E-state index is 12.7. The van der Waals surface area contributed by atoms with Gasteiger partial charge in [-0.3, -0.25) is 4.99 Å². The van der Waals surface area contributed by atoms with Gasteiger partial charge in [0, 0.05) is 6.21 Å². The number of phenolic OH excluding ortho intramolecular Hbond substituents is 1. The lowest BCUT2D eigenvalue weighted by Crippen LogP contribution is -2.41. The standard InChI is InChI=1S/C38H35NO2/c40-36-25-30-17-21-31-20-16-29(18-22-32(36)23-19-30)24-33(31)27-39-37(26-28-10-4-1-5-11-28)38(41,34-12-6-2-7-13-34)35-14-8-3-9-15-35/h1-16,19-20,23-25,27,37,40-41H,17-18,21-22,26H2/t37-/m0/s1. The third-order valence-corrected chi connectivity index (χ3v) is 8.30. The highest BCUT2D eigenvalue weighted by molar-refractivity contribution is 5.82. The van der Waals surface area contributed by atoms with Crippen molar-refractivity contribution in [2.45, 2.75) is 43.7 Å². The van der Waals surface area contributed by atoms with E-state index in [-0.39, 0.29) is 0 Å². The average Bonchev–Trinajstić information content (AvgIpc) is 3.02. The number of nitrogens with zero attached hydrogens (tertiary/aromatic N) is 1. The summed E-state index contributed by atoms with van der Waals surface area (Å²) in [6.07, 6.45) is 5.84. The Kier molecular flexibility index (Phi) is 7.80. The van der Waals surface area contributed by atoms with Crippen LogP contribution < -0.4 is 0 Å². The Hall–Kier alpha value is -4.47. The summed E-state index contributed by atoms with van der Waals surface area (Å²) in [6.45, 7) is 0. The van der Waals surface area contributed by atoms with Gasteiger partial charge in [-0.1, -0.05) is 115 Å². The lowest BCUT2D eigenvalue weighted by atomic mass is 9.78. The van der Waals surface area contributed by atoms with Gasteiger partial charge in [0.2, 0.25) is 0 Å². The molecule has 0 saturated carbocycles. The number of aliphatic imine (C=N–C) groups is 1. The van der Waals surface area contributed by atoms with Crippen LogP contribution in [0.15, 0.2) is 132 Å². The molecule has 41 heavy (non-hydrogen) atoms. The Morgan fingerprint density at radius 1 is 0.634 bits per heavy atom. The van der Waals surface area contributed by atoms with Gasteiger partial charge in [-0.2, -0.15) is 0 Å². The zero-order valence-corrected chi connectivity index (χ0v) is 23.2. The first-order chi connectivity index (χ1) is 20.1. The predicted molar refractivity (Wildman–Crippen MR) is 167 cm³/mol. The van der Waals surface area contributed by atoms with Gasteiger partial charge >= 0.3 is 0 Å². The zero-order chi connectivity index (χ0) is 28.1. The van der Waals surface area contributed by atoms with Gasteiger partial charge in [-0.15, -0.1) is 0 Å². The van der Waals surface area contributed by atoms with Crippen molar-refractivity contribution in [3.05, 3.63) is 172 Å². The van der Waals surface area contributed by atoms with Crippen molar-refractivity contribution < 1.29 is 10.2 Å². The van der Waals surface area contributed by atoms with Crippen LogP contribution in [0.3, 0.4) is 0 Å². The molecule has 0 aromatic heterocycles. The summed E-state index contributed by atoms with van der Waals surface area (Å²) >= 11 is 0. The van der Waals surface area contributed by atoms with Gasteiger partial charge in [-0.25, -0.2) is 0 Å². The van der Waals surface area contributed by atoms with Crippen molar-refractivity contribution in [3.63, 3.8) is 0 Å². The summed E-state index contributed by atoms with van der Waals surface area (Å²) in [6, 6.07) is 42.4. The molecule has 0 unspecified atom stereocenters. The molecule has 0 saturated heterocycles. The smallest absolute Gasteiger partial charge is 0.137 e. The average molecular weight is 538 g/mol. The van der Waals surface area contributed by atoms with Crippen LogP contribution in [0.5, 0.6) is 5.75 Å². The molecule has 0 spiro atoms. The third kappa shape index (κ3) is 5.86. The summed E-state index contributed by atoms with van der Waals surface area (Å²) in [7, 11) is 0. The molecule has 1 atom stereocenters. The lowest BCUT2D eigenvalue weighted by molar-refractivity contribution is 0.0528. The minimum Gasteiger partial charge on any atom is -0.508 e. The van der Waals surface area contributed by atoms with Gasteiger partial charge in [0.05, 0.1) is 6.04 Å². The fraction of sp³-hybridized carbons (Fsp3) is 0.184. The predicted octanol–water partition coefficient (Wildman–Crippen LogP) is 7.24. The number of rotatable bonds is 7. The highest BCUT2D eigenvalue weighted by Gasteiger charge is 2.40. The molecule has 0 radical (unpaired) electrons. The van der Waals surface area contributed by atoms with Crippen LogP contribution in [0.1, 0.15) is 44.5 Å². The lowest BCUT2D eigenvalue weighted by Gasteiger charge is -2.35. The maximum absolute atomic E-state index is 12.7. The number of hydrogen-bond acceptors (Lipinski definition) is 3. The largest absolute Gasteiger partial charge is 0.508 e. The van der Waals surface area contributed by atoms with E-state index in [0.717, 1.165) is 59.1 Å². The first kappa shape index (κ1) is 26.7. The molecule has 5 aromatic carbocycles. The molecular weight excluding hydrogens is 502 g/mol. The molecule has 2 N–H and O–H groups in total. The van der Waals surface area contributed by atoms with Crippen molar-refractivity contribution in [3.8, 4) is 5.75 Å². The molecule has 0 fully saturated rings. The fourth-order valence-electron chi connectivity index (χ4n) is 5.93. The van der Waals surface area contributed by atoms with E-state index in [1.165, 1.54) is 11.1 Å². The van der Waals surface area contributed by atoms with Crippen LogP contribution in [-0.4, -0.2) is 22.5 Å². The molecular formula is C38H35NO2. The Labute approximate surface area is 242 Å². The second kappa shape index (κ2) is 12.0. The third-order valence-electron chi connectivity index (χ3n) is 8.30. The van der Waals surface area contributed by atoms with Crippen LogP contribution in [0.2, 0.25) is 0 Å². The minimum absolute atomic E-state index is 0.393. The van der Waals surface area contributed by atoms with E-state index in [0.29, 0.717) is 12.2 Å². The van der Waals surface area contributed by atoms with Crippen molar-refractivity contribution in [1.29, 1.82) is 0 Å². The summed E-state index contributed by atoms with van der Waals surface area (Å²) in [5, 5.41) is 23.2. The van der Waals surface area contributed by atoms with Crippen molar-refractivity contribution in [2.75, 3.05) is 0 Å². The SMILES string of the molecule is Oc1cc2ccc1CCc1ccc(c(C=N[C@@H](Cc3ccccc3)C(O)(c3ccccc3)c3ccccc3)c1)CC2. The number of benzene rings is 5. The molecule has 4 aliphatic rings. The Bertz CT molecular complexity index is 1590. The second-order valence-electron chi connectivity index (χ2n) is 11.0. The summed E-state index contributed by atoms with van der Waals surface area (Å²) in [5.41, 5.74) is 7.05. The molecule has 5 aromatic rings. The van der Waals surface area contributed by atoms with Gasteiger partial charge in [0.15, 0.2) is 0 Å². The van der Waals surface area contributed by atoms with E-state index in [4.69, 9.17) is 4.99 Å². The van der Waals surface area contributed by atoms with Gasteiger partial charge in [0.1, 0.15) is 11.4 Å². The van der Waals surface area contributed by atoms with Gasteiger partial charge < -0.3 is 10.2 Å². The number of aromatic hydroxyl groups is 1. The molecule has 4 aliphatic carbocycles. The van der Waals surface area contributed by atoms with E-state index in [2.05, 4.69) is 42.5 Å². The molecule has 3 heteroatoms. The highest BCUT2D eigenvalue weighted by atomic mass is 16.3. The van der Waals surface area contributed by atoms with Gasteiger partial charge in [0.25, 0.3) is 0 Å². The van der Waals surface area contributed by atoms with E-state index >= 15 is 0 Å². The number of aliphatic hydroxyl groups is 1. The normalized spacial score (nSPS) is 14.1. The van der Waals surface area contributed by atoms with E-state index < -0.39 is 11.6 Å². The molecule has 0 heterocycles. The summed E-state index contributed by atoms with van der Waals surface area (Å²) in [4.78, 5) is 5.23. The van der Waals surface area contributed by atoms with Crippen LogP contribution in [0.25, 0.3) is 0 Å². The van der Waals surface area contributed by atoms with Crippen molar-refractivity contribution in [1.82, 2.24) is 0 Å². The summed E-state index contributed by atoms with van der Waals surface area (Å²) in [5.74, 6) is 0.393. The monoisotopic (exact) mass is 537 g/mol. The quantitative estimate of drug-likeness (QED) is 0.215. The fourth-order valence-corrected chi connectivity index (χ4v) is 5.93. The van der Waals surface area contributed by atoms with Crippen LogP contribution in [0, 0.1) is 0 Å². The topological polar surface area (TPSA) is 52.8 Å². The molecule has 204 valence electrons. The van der Waals surface area contributed by atoms with Crippen molar-refractivity contribution >= 4 is 6.21 Å². The first-order valence-electron chi connectivity index (χ1n) is 14.4. The van der Waals surface area contributed by atoms with E-state index in [1.54, 1.807) is 0 Å². The molecule has 0 amide bonds. The van der Waals surface area contributed by atoms with Crippen LogP contribution >= 0.6 is 0 Å². The minimum atomic E-state index is -1.33. The summed E-state index contributed by atoms with van der Waals surface area (Å²) < 4.78 is 0. The van der Waals surface area contributed by atoms with E-state index in [1.807, 2.05) is 91.1 Å². The second-order valence-corrected chi connectivity index (χ2v) is 11.0.